The molecule has 0 saturated carbocycles. The second kappa shape index (κ2) is 12.3. The summed E-state index contributed by atoms with van der Waals surface area (Å²) >= 11 is 0. The molecule has 2 aromatic rings. The van der Waals surface area contributed by atoms with Gasteiger partial charge < -0.3 is 19.3 Å². The van der Waals surface area contributed by atoms with E-state index >= 15 is 0 Å². The first-order chi connectivity index (χ1) is 15.9. The molecule has 1 atom stereocenters. The molecule has 7 heteroatoms. The Labute approximate surface area is 195 Å². The highest BCUT2D eigenvalue weighted by atomic mass is 19.1. The van der Waals surface area contributed by atoms with E-state index < -0.39 is 0 Å². The molecule has 2 aromatic carbocycles. The third-order valence-corrected chi connectivity index (χ3v) is 5.72. The predicted molar refractivity (Wildman–Crippen MR) is 124 cm³/mol. The quantitative estimate of drug-likeness (QED) is 0.516. The molecule has 0 bridgehead atoms. The van der Waals surface area contributed by atoms with Crippen LogP contribution in [-0.4, -0.2) is 61.6 Å². The van der Waals surface area contributed by atoms with Crippen molar-refractivity contribution in [3.8, 4) is 5.75 Å². The van der Waals surface area contributed by atoms with Gasteiger partial charge in [0.05, 0.1) is 12.7 Å². The lowest BCUT2D eigenvalue weighted by Crippen LogP contribution is -2.37. The van der Waals surface area contributed by atoms with Gasteiger partial charge in [0.1, 0.15) is 11.6 Å². The molecule has 0 unspecified atom stereocenters. The third-order valence-electron chi connectivity index (χ3n) is 5.72. The van der Waals surface area contributed by atoms with Crippen LogP contribution in [0.4, 0.5) is 4.39 Å². The number of rotatable bonds is 11. The Kier molecular flexibility index (Phi) is 9.24. The smallest absolute Gasteiger partial charge is 0.223 e. The number of nitrogens with zero attached hydrogens (tertiary/aromatic N) is 2. The van der Waals surface area contributed by atoms with Crippen molar-refractivity contribution < 1.29 is 23.5 Å². The molecule has 0 N–H and O–H groups in total. The molecule has 1 aliphatic rings. The molecule has 1 saturated heterocycles. The minimum atomic E-state index is -0.231. The van der Waals surface area contributed by atoms with Crippen molar-refractivity contribution >= 4 is 11.8 Å². The summed E-state index contributed by atoms with van der Waals surface area (Å²) in [6.07, 6.45) is 2.78. The first-order valence-corrected chi connectivity index (χ1v) is 11.5. The maximum atomic E-state index is 13.8. The number of carbonyl (C=O) groups is 2. The van der Waals surface area contributed by atoms with Gasteiger partial charge >= 0.3 is 0 Å². The molecule has 6 nitrogen and oxygen atoms in total. The first-order valence-electron chi connectivity index (χ1n) is 11.5. The average Bonchev–Trinajstić information content (AvgIpc) is 3.31. The fraction of sp³-hybridized carbons (Fsp3) is 0.462. The van der Waals surface area contributed by atoms with E-state index in [0.29, 0.717) is 37.4 Å². The zero-order valence-corrected chi connectivity index (χ0v) is 19.5. The van der Waals surface area contributed by atoms with Gasteiger partial charge in [0, 0.05) is 53.1 Å². The van der Waals surface area contributed by atoms with E-state index in [-0.39, 0.29) is 36.6 Å². The Hall–Kier alpha value is -2.93. The summed E-state index contributed by atoms with van der Waals surface area (Å²) in [6.45, 7) is 2.00. The molecular formula is C26H33FN2O4. The summed E-state index contributed by atoms with van der Waals surface area (Å²) in [5.74, 6) is 0.319. The second-order valence-electron chi connectivity index (χ2n) is 8.53. The lowest BCUT2D eigenvalue weighted by molar-refractivity contribution is -0.137. The van der Waals surface area contributed by atoms with Crippen molar-refractivity contribution in [3.63, 3.8) is 0 Å². The van der Waals surface area contributed by atoms with Crippen molar-refractivity contribution in [2.75, 3.05) is 33.9 Å². The number of hydrogen-bond donors (Lipinski definition) is 0. The lowest BCUT2D eigenvalue weighted by atomic mass is 10.1. The molecule has 33 heavy (non-hydrogen) atoms. The highest BCUT2D eigenvalue weighted by Crippen LogP contribution is 2.19. The van der Waals surface area contributed by atoms with Crippen molar-refractivity contribution in [2.24, 2.45) is 0 Å². The number of halogens is 1. The zero-order valence-electron chi connectivity index (χ0n) is 19.5. The van der Waals surface area contributed by atoms with Crippen molar-refractivity contribution in [3.05, 3.63) is 65.5 Å². The molecule has 0 aliphatic carbocycles. The van der Waals surface area contributed by atoms with E-state index in [1.54, 1.807) is 31.1 Å². The van der Waals surface area contributed by atoms with Crippen LogP contribution < -0.4 is 4.74 Å². The summed E-state index contributed by atoms with van der Waals surface area (Å²) < 4.78 is 25.4. The Morgan fingerprint density at radius 1 is 1.09 bits per heavy atom. The van der Waals surface area contributed by atoms with E-state index in [1.807, 2.05) is 30.3 Å². The molecule has 0 spiro atoms. The highest BCUT2D eigenvalue weighted by Gasteiger charge is 2.23. The summed E-state index contributed by atoms with van der Waals surface area (Å²) in [5, 5.41) is 0. The predicted octanol–water partition coefficient (Wildman–Crippen LogP) is 3.82. The molecule has 2 amide bonds. The van der Waals surface area contributed by atoms with Gasteiger partial charge in [-0.3, -0.25) is 9.59 Å². The van der Waals surface area contributed by atoms with Gasteiger partial charge in [0.2, 0.25) is 11.8 Å². The van der Waals surface area contributed by atoms with Gasteiger partial charge in [-0.15, -0.1) is 0 Å². The standard InChI is InChI=1S/C26H33FN2O4/c1-28(2)25(30)12-13-26(31)29(19-23-10-6-15-32-23)18-20-7-5-9-22(17-20)33-16-14-21-8-3-4-11-24(21)27/h3-5,7-9,11,17,23H,6,10,12-16,18-19H2,1-2H3/t23-/m1/s1. The third kappa shape index (κ3) is 7.86. The summed E-state index contributed by atoms with van der Waals surface area (Å²) in [4.78, 5) is 28.1. The minimum Gasteiger partial charge on any atom is -0.493 e. The van der Waals surface area contributed by atoms with Gasteiger partial charge in [0.25, 0.3) is 0 Å². The molecule has 1 fully saturated rings. The highest BCUT2D eigenvalue weighted by molar-refractivity contribution is 5.83. The molecule has 1 aliphatic heterocycles. The van der Waals surface area contributed by atoms with Crippen LogP contribution in [0.15, 0.2) is 48.5 Å². The molecule has 3 rings (SSSR count). The van der Waals surface area contributed by atoms with E-state index in [1.165, 1.54) is 11.0 Å². The van der Waals surface area contributed by atoms with Gasteiger partial charge in [-0.25, -0.2) is 4.39 Å². The van der Waals surface area contributed by atoms with Crippen LogP contribution in [0.25, 0.3) is 0 Å². The van der Waals surface area contributed by atoms with Crippen molar-refractivity contribution in [1.29, 1.82) is 0 Å². The number of ether oxygens (including phenoxy) is 2. The average molecular weight is 457 g/mol. The summed E-state index contributed by atoms with van der Waals surface area (Å²) in [7, 11) is 3.38. The number of hydrogen-bond acceptors (Lipinski definition) is 4. The fourth-order valence-corrected chi connectivity index (χ4v) is 3.82. The minimum absolute atomic E-state index is 0.0266. The number of carbonyl (C=O) groups excluding carboxylic acids is 2. The largest absolute Gasteiger partial charge is 0.493 e. The van der Waals surface area contributed by atoms with Crippen LogP contribution in [0.1, 0.15) is 36.8 Å². The van der Waals surface area contributed by atoms with Crippen LogP contribution >= 0.6 is 0 Å². The number of benzene rings is 2. The van der Waals surface area contributed by atoms with Crippen LogP contribution in [0.5, 0.6) is 5.75 Å². The normalized spacial score (nSPS) is 15.3. The molecule has 178 valence electrons. The van der Waals surface area contributed by atoms with Crippen LogP contribution in [0.2, 0.25) is 0 Å². The van der Waals surface area contributed by atoms with Gasteiger partial charge in [-0.2, -0.15) is 0 Å². The summed E-state index contributed by atoms with van der Waals surface area (Å²) in [6, 6.07) is 14.3. The van der Waals surface area contributed by atoms with Crippen LogP contribution in [-0.2, 0) is 27.3 Å². The molecule has 0 radical (unpaired) electrons. The van der Waals surface area contributed by atoms with E-state index in [4.69, 9.17) is 9.47 Å². The molecule has 0 aromatic heterocycles. The molecular weight excluding hydrogens is 423 g/mol. The van der Waals surface area contributed by atoms with Crippen molar-refractivity contribution in [2.45, 2.75) is 44.8 Å². The van der Waals surface area contributed by atoms with E-state index in [2.05, 4.69) is 0 Å². The first kappa shape index (κ1) is 24.7. The molecule has 1 heterocycles. The Balaban J connectivity index is 1.60. The van der Waals surface area contributed by atoms with E-state index in [0.717, 1.165) is 25.0 Å². The summed E-state index contributed by atoms with van der Waals surface area (Å²) in [5.41, 5.74) is 1.55. The van der Waals surface area contributed by atoms with Crippen LogP contribution in [0, 0.1) is 5.82 Å². The number of amides is 2. The second-order valence-corrected chi connectivity index (χ2v) is 8.53. The van der Waals surface area contributed by atoms with Gasteiger partial charge in [-0.05, 0) is 42.2 Å². The SMILES string of the molecule is CN(C)C(=O)CCC(=O)N(Cc1cccc(OCCc2ccccc2F)c1)C[C@H]1CCCO1. The van der Waals surface area contributed by atoms with Crippen LogP contribution in [0.3, 0.4) is 0 Å². The maximum absolute atomic E-state index is 13.8. The maximum Gasteiger partial charge on any atom is 0.223 e. The van der Waals surface area contributed by atoms with E-state index in [9.17, 15) is 14.0 Å². The van der Waals surface area contributed by atoms with Gasteiger partial charge in [-0.1, -0.05) is 30.3 Å². The monoisotopic (exact) mass is 456 g/mol. The Bertz CT molecular complexity index is 928. The lowest BCUT2D eigenvalue weighted by Gasteiger charge is -2.26. The zero-order chi connectivity index (χ0) is 23.6. The topological polar surface area (TPSA) is 59.1 Å². The Morgan fingerprint density at radius 2 is 1.88 bits per heavy atom. The fourth-order valence-electron chi connectivity index (χ4n) is 3.82. The Morgan fingerprint density at radius 3 is 2.61 bits per heavy atom. The van der Waals surface area contributed by atoms with Crippen molar-refractivity contribution in [1.82, 2.24) is 9.80 Å². The van der Waals surface area contributed by atoms with Gasteiger partial charge in [0.15, 0.2) is 0 Å².